The maximum atomic E-state index is 13.2. The first-order valence-corrected chi connectivity index (χ1v) is 10.3. The van der Waals surface area contributed by atoms with Crippen molar-refractivity contribution in [3.05, 3.63) is 51.8 Å². The number of nitrogens with zero attached hydrogens (tertiary/aromatic N) is 8. The van der Waals surface area contributed by atoms with Crippen LogP contribution in [-0.2, 0) is 10.2 Å². The van der Waals surface area contributed by atoms with Crippen molar-refractivity contribution in [1.29, 1.82) is 0 Å². The topological polar surface area (TPSA) is 116 Å². The Morgan fingerprint density at radius 1 is 1.19 bits per heavy atom. The van der Waals surface area contributed by atoms with E-state index in [2.05, 4.69) is 49.6 Å². The summed E-state index contributed by atoms with van der Waals surface area (Å²) >= 11 is 12.4. The number of halogens is 2. The standard InChI is InChI=1S/C19H17Cl2N9O/c1-9-25-28-30(26-9)17-13(20)4-10(7-23-17)24-18(31)11-6-19(2,3)16-12(11)8-22-15-5-14(21)27-29(15)16/h4-5,7-8,11H,6H2,1-3H3,(H,24,31)/t11-/m0/s1. The van der Waals surface area contributed by atoms with E-state index in [0.717, 1.165) is 11.3 Å². The lowest BCUT2D eigenvalue weighted by Gasteiger charge is -2.19. The fourth-order valence-electron chi connectivity index (χ4n) is 4.05. The van der Waals surface area contributed by atoms with Crippen LogP contribution in [0.15, 0.2) is 24.5 Å². The predicted molar refractivity (Wildman–Crippen MR) is 114 cm³/mol. The van der Waals surface area contributed by atoms with Gasteiger partial charge in [0.15, 0.2) is 22.4 Å². The van der Waals surface area contributed by atoms with Crippen LogP contribution in [0.3, 0.4) is 0 Å². The molecule has 10 nitrogen and oxygen atoms in total. The Morgan fingerprint density at radius 2 is 2.00 bits per heavy atom. The highest BCUT2D eigenvalue weighted by Gasteiger charge is 2.43. The molecule has 0 spiro atoms. The van der Waals surface area contributed by atoms with Gasteiger partial charge >= 0.3 is 0 Å². The Labute approximate surface area is 186 Å². The molecule has 4 aromatic heterocycles. The number of fused-ring (bicyclic) bond motifs is 3. The van der Waals surface area contributed by atoms with Crippen molar-refractivity contribution in [1.82, 2.24) is 39.8 Å². The van der Waals surface area contributed by atoms with Crippen molar-refractivity contribution in [3.8, 4) is 5.82 Å². The second-order valence-corrected chi connectivity index (χ2v) is 8.88. The maximum absolute atomic E-state index is 13.2. The van der Waals surface area contributed by atoms with Crippen molar-refractivity contribution in [2.24, 2.45) is 0 Å². The van der Waals surface area contributed by atoms with Gasteiger partial charge in [0.25, 0.3) is 0 Å². The third-order valence-electron chi connectivity index (χ3n) is 5.32. The van der Waals surface area contributed by atoms with Gasteiger partial charge in [0.2, 0.25) is 5.91 Å². The number of carbonyl (C=O) groups excluding carboxylic acids is 1. The van der Waals surface area contributed by atoms with Gasteiger partial charge in [-0.25, -0.2) is 14.5 Å². The Kier molecular flexibility index (Phi) is 4.45. The molecule has 31 heavy (non-hydrogen) atoms. The molecule has 4 heterocycles. The molecule has 0 aromatic carbocycles. The molecule has 0 saturated heterocycles. The molecular weight excluding hydrogens is 441 g/mol. The second-order valence-electron chi connectivity index (χ2n) is 8.08. The SMILES string of the molecule is Cc1nnn(-c2ncc(NC(=O)[C@H]3CC(C)(C)c4c3cnc3cc(Cl)nn43)cc2Cl)n1. The van der Waals surface area contributed by atoms with Crippen molar-refractivity contribution in [2.45, 2.75) is 38.5 Å². The van der Waals surface area contributed by atoms with Crippen molar-refractivity contribution < 1.29 is 4.79 Å². The molecule has 1 aliphatic rings. The van der Waals surface area contributed by atoms with Gasteiger partial charge in [-0.15, -0.1) is 15.0 Å². The molecule has 1 amide bonds. The number of anilines is 1. The number of nitrogens with one attached hydrogen (secondary N) is 1. The van der Waals surface area contributed by atoms with E-state index in [4.69, 9.17) is 23.2 Å². The van der Waals surface area contributed by atoms with Crippen LogP contribution in [0.5, 0.6) is 0 Å². The van der Waals surface area contributed by atoms with E-state index in [1.54, 1.807) is 29.8 Å². The lowest BCUT2D eigenvalue weighted by molar-refractivity contribution is -0.117. The van der Waals surface area contributed by atoms with Crippen molar-refractivity contribution in [2.75, 3.05) is 5.32 Å². The highest BCUT2D eigenvalue weighted by atomic mass is 35.5. The highest BCUT2D eigenvalue weighted by Crippen LogP contribution is 2.46. The Morgan fingerprint density at radius 3 is 2.71 bits per heavy atom. The third-order valence-corrected chi connectivity index (χ3v) is 5.78. The van der Waals surface area contributed by atoms with Gasteiger partial charge < -0.3 is 5.32 Å². The fraction of sp³-hybridized carbons (Fsp3) is 0.316. The number of hydrogen-bond donors (Lipinski definition) is 1. The van der Waals surface area contributed by atoms with Crippen molar-refractivity contribution in [3.63, 3.8) is 0 Å². The maximum Gasteiger partial charge on any atom is 0.232 e. The molecule has 1 aliphatic carbocycles. The van der Waals surface area contributed by atoms with E-state index in [9.17, 15) is 4.79 Å². The molecule has 4 aromatic rings. The van der Waals surface area contributed by atoms with E-state index in [1.165, 1.54) is 11.0 Å². The number of amides is 1. The summed E-state index contributed by atoms with van der Waals surface area (Å²) < 4.78 is 1.73. The van der Waals surface area contributed by atoms with Gasteiger partial charge in [-0.1, -0.05) is 37.0 Å². The molecule has 5 rings (SSSR count). The molecule has 1 atom stereocenters. The van der Waals surface area contributed by atoms with E-state index >= 15 is 0 Å². The zero-order valence-electron chi connectivity index (χ0n) is 16.8. The lowest BCUT2D eigenvalue weighted by Crippen LogP contribution is -2.21. The molecule has 0 aliphatic heterocycles. The van der Waals surface area contributed by atoms with E-state index in [1.807, 2.05) is 0 Å². The van der Waals surface area contributed by atoms with Crippen LogP contribution in [0.1, 0.15) is 43.3 Å². The van der Waals surface area contributed by atoms with Crippen LogP contribution < -0.4 is 5.32 Å². The molecule has 0 bridgehead atoms. The van der Waals surface area contributed by atoms with E-state index in [0.29, 0.717) is 34.6 Å². The summed E-state index contributed by atoms with van der Waals surface area (Å²) in [6, 6.07) is 3.31. The molecule has 0 unspecified atom stereocenters. The average molecular weight is 458 g/mol. The van der Waals surface area contributed by atoms with Crippen LogP contribution in [-0.4, -0.2) is 45.7 Å². The van der Waals surface area contributed by atoms with Gasteiger partial charge in [-0.2, -0.15) is 5.10 Å². The van der Waals surface area contributed by atoms with Crippen LogP contribution in [0.4, 0.5) is 5.69 Å². The molecule has 1 N–H and O–H groups in total. The number of tetrazole rings is 1. The zero-order valence-corrected chi connectivity index (χ0v) is 18.3. The summed E-state index contributed by atoms with van der Waals surface area (Å²) in [5.74, 6) is 0.253. The van der Waals surface area contributed by atoms with Gasteiger partial charge in [0, 0.05) is 23.2 Å². The lowest BCUT2D eigenvalue weighted by atomic mass is 9.88. The first kappa shape index (κ1) is 19.8. The quantitative estimate of drug-likeness (QED) is 0.502. The fourth-order valence-corrected chi connectivity index (χ4v) is 4.47. The number of aromatic nitrogens is 8. The molecule has 12 heteroatoms. The summed E-state index contributed by atoms with van der Waals surface area (Å²) in [6.07, 6.45) is 3.84. The van der Waals surface area contributed by atoms with Gasteiger partial charge in [-0.05, 0) is 24.6 Å². The zero-order chi connectivity index (χ0) is 21.9. The second kappa shape index (κ2) is 6.96. The minimum atomic E-state index is -0.400. The number of rotatable bonds is 3. The summed E-state index contributed by atoms with van der Waals surface area (Å²) in [5.41, 5.74) is 2.60. The van der Waals surface area contributed by atoms with E-state index < -0.39 is 5.92 Å². The van der Waals surface area contributed by atoms with Crippen LogP contribution in [0, 0.1) is 6.92 Å². The third kappa shape index (κ3) is 3.31. The summed E-state index contributed by atoms with van der Waals surface area (Å²) in [7, 11) is 0. The Balaban J connectivity index is 1.44. The predicted octanol–water partition coefficient (Wildman–Crippen LogP) is 3.12. The number of hydrogen-bond acceptors (Lipinski definition) is 7. The van der Waals surface area contributed by atoms with Crippen LogP contribution in [0.2, 0.25) is 10.2 Å². The first-order chi connectivity index (χ1) is 14.7. The largest absolute Gasteiger partial charge is 0.324 e. The Bertz CT molecular complexity index is 1340. The number of carbonyl (C=O) groups is 1. The van der Waals surface area contributed by atoms with Gasteiger partial charge in [0.05, 0.1) is 28.5 Å². The average Bonchev–Trinajstić information content (AvgIpc) is 3.36. The first-order valence-electron chi connectivity index (χ1n) is 9.51. The smallest absolute Gasteiger partial charge is 0.232 e. The van der Waals surface area contributed by atoms with Gasteiger partial charge in [0.1, 0.15) is 0 Å². The number of aryl methyl sites for hydroxylation is 1. The van der Waals surface area contributed by atoms with Crippen LogP contribution >= 0.6 is 23.2 Å². The molecule has 0 radical (unpaired) electrons. The summed E-state index contributed by atoms with van der Waals surface area (Å²) in [6.45, 7) is 5.87. The Hall–Kier alpha value is -3.11. The van der Waals surface area contributed by atoms with E-state index in [-0.39, 0.29) is 16.3 Å². The van der Waals surface area contributed by atoms with Gasteiger partial charge in [-0.3, -0.25) is 4.79 Å². The highest BCUT2D eigenvalue weighted by molar-refractivity contribution is 6.32. The minimum Gasteiger partial charge on any atom is -0.324 e. The molecule has 158 valence electrons. The normalized spacial score (nSPS) is 17.1. The molecular formula is C19H17Cl2N9O. The summed E-state index contributed by atoms with van der Waals surface area (Å²) in [4.78, 5) is 23.1. The monoisotopic (exact) mass is 457 g/mol. The van der Waals surface area contributed by atoms with Crippen molar-refractivity contribution >= 4 is 40.4 Å². The minimum absolute atomic E-state index is 0.174. The molecule has 0 saturated carbocycles. The van der Waals surface area contributed by atoms with Crippen LogP contribution in [0.25, 0.3) is 11.5 Å². The number of pyridine rings is 1. The summed E-state index contributed by atoms with van der Waals surface area (Å²) in [5, 5.41) is 19.7. The molecule has 0 fully saturated rings.